The van der Waals surface area contributed by atoms with E-state index in [1.165, 1.54) is 53.7 Å². The molecule has 2 aliphatic rings. The Hall–Kier alpha value is -2.42. The van der Waals surface area contributed by atoms with E-state index in [9.17, 15) is 4.39 Å². The molecule has 1 heterocycles. The zero-order valence-electron chi connectivity index (χ0n) is 18.6. The molecule has 0 radical (unpaired) electrons. The van der Waals surface area contributed by atoms with Crippen molar-refractivity contribution >= 4 is 11.1 Å². The quantitative estimate of drug-likeness (QED) is 0.405. The molecule has 0 saturated heterocycles. The largest absolute Gasteiger partial charge is 0.436 e. The second-order valence-corrected chi connectivity index (χ2v) is 9.72. The Morgan fingerprint density at radius 3 is 2.50 bits per heavy atom. The van der Waals surface area contributed by atoms with Crippen LogP contribution in [0.1, 0.15) is 87.0 Å². The number of hydrogen-bond donors (Lipinski definition) is 0. The van der Waals surface area contributed by atoms with Gasteiger partial charge in [-0.05, 0) is 98.7 Å². The standard InChI is InChI=1S/C27H30FNO/c1-14(2)12-19-13-16(4)21-11-6-15(3)22-24(21)23(19)17(5)25-26(22)30-27(29-25)18-7-9-20(28)10-8-18/h7-10,12,15-16,19,21H,6,11,13H2,1-5H3. The second kappa shape index (κ2) is 7.08. The van der Waals surface area contributed by atoms with Crippen molar-refractivity contribution in [3.63, 3.8) is 0 Å². The molecule has 2 nitrogen and oxygen atoms in total. The lowest BCUT2D eigenvalue weighted by Crippen LogP contribution is -2.28. The molecule has 0 amide bonds. The minimum atomic E-state index is -0.244. The number of hydrogen-bond acceptors (Lipinski definition) is 2. The summed E-state index contributed by atoms with van der Waals surface area (Å²) in [6.45, 7) is 11.4. The summed E-state index contributed by atoms with van der Waals surface area (Å²) in [5.74, 6) is 2.52. The first kappa shape index (κ1) is 19.5. The maximum atomic E-state index is 13.4. The van der Waals surface area contributed by atoms with Gasteiger partial charge in [-0.15, -0.1) is 0 Å². The Labute approximate surface area is 178 Å². The van der Waals surface area contributed by atoms with Crippen molar-refractivity contribution in [3.05, 3.63) is 64.0 Å². The Kier molecular flexibility index (Phi) is 4.61. The van der Waals surface area contributed by atoms with Crippen molar-refractivity contribution in [1.29, 1.82) is 0 Å². The maximum Gasteiger partial charge on any atom is 0.227 e. The van der Waals surface area contributed by atoms with Gasteiger partial charge in [0.1, 0.15) is 11.3 Å². The third kappa shape index (κ3) is 2.93. The minimum absolute atomic E-state index is 0.244. The molecule has 0 aliphatic heterocycles. The number of nitrogens with zero attached hydrogens (tertiary/aromatic N) is 1. The molecule has 1 aromatic heterocycles. The van der Waals surface area contributed by atoms with E-state index >= 15 is 0 Å². The highest BCUT2D eigenvalue weighted by molar-refractivity contribution is 5.87. The van der Waals surface area contributed by atoms with Crippen molar-refractivity contribution < 1.29 is 8.81 Å². The maximum absolute atomic E-state index is 13.4. The average Bonchev–Trinajstić information content (AvgIpc) is 3.13. The van der Waals surface area contributed by atoms with E-state index in [2.05, 4.69) is 40.7 Å². The monoisotopic (exact) mass is 403 g/mol. The predicted octanol–water partition coefficient (Wildman–Crippen LogP) is 8.01. The number of halogens is 1. The Morgan fingerprint density at radius 2 is 1.80 bits per heavy atom. The fourth-order valence-corrected chi connectivity index (χ4v) is 5.96. The lowest BCUT2D eigenvalue weighted by Gasteiger charge is -2.42. The van der Waals surface area contributed by atoms with Crippen LogP contribution < -0.4 is 0 Å². The number of allylic oxidation sites excluding steroid dienone is 2. The van der Waals surface area contributed by atoms with Crippen LogP contribution in [0.3, 0.4) is 0 Å². The summed E-state index contributed by atoms with van der Waals surface area (Å²) in [5, 5.41) is 0. The minimum Gasteiger partial charge on any atom is -0.436 e. The van der Waals surface area contributed by atoms with Gasteiger partial charge in [0.25, 0.3) is 0 Å². The van der Waals surface area contributed by atoms with Gasteiger partial charge in [0, 0.05) is 17.0 Å². The van der Waals surface area contributed by atoms with Gasteiger partial charge < -0.3 is 4.42 Å². The summed E-state index contributed by atoms with van der Waals surface area (Å²) in [6, 6.07) is 6.44. The van der Waals surface area contributed by atoms with Gasteiger partial charge in [0.15, 0.2) is 5.58 Å². The zero-order chi connectivity index (χ0) is 21.2. The van der Waals surface area contributed by atoms with Gasteiger partial charge in [-0.1, -0.05) is 25.5 Å². The number of benzene rings is 2. The van der Waals surface area contributed by atoms with E-state index in [0.717, 1.165) is 16.7 Å². The highest BCUT2D eigenvalue weighted by atomic mass is 19.1. The van der Waals surface area contributed by atoms with E-state index < -0.39 is 0 Å². The van der Waals surface area contributed by atoms with Gasteiger partial charge in [-0.2, -0.15) is 0 Å². The number of fused-ring (bicyclic) bond motifs is 2. The van der Waals surface area contributed by atoms with Gasteiger partial charge in [0.05, 0.1) is 0 Å². The van der Waals surface area contributed by atoms with Crippen molar-refractivity contribution in [2.24, 2.45) is 5.92 Å². The van der Waals surface area contributed by atoms with E-state index in [1.807, 2.05) is 0 Å². The van der Waals surface area contributed by atoms with Crippen molar-refractivity contribution in [3.8, 4) is 11.5 Å². The van der Waals surface area contributed by atoms with Gasteiger partial charge in [0.2, 0.25) is 5.89 Å². The second-order valence-electron chi connectivity index (χ2n) is 9.72. The third-order valence-corrected chi connectivity index (χ3v) is 7.29. The van der Waals surface area contributed by atoms with E-state index in [-0.39, 0.29) is 5.82 Å². The SMILES string of the molecule is CC(C)=CC1CC(C)C2CCC(C)c3c2c1c(C)c1nc(-c2ccc(F)cc2)oc31. The smallest absolute Gasteiger partial charge is 0.227 e. The highest BCUT2D eigenvalue weighted by Gasteiger charge is 2.40. The summed E-state index contributed by atoms with van der Waals surface area (Å²) in [5.41, 5.74) is 9.80. The molecule has 4 unspecified atom stereocenters. The van der Waals surface area contributed by atoms with Gasteiger partial charge >= 0.3 is 0 Å². The first-order chi connectivity index (χ1) is 14.3. The van der Waals surface area contributed by atoms with Crippen molar-refractivity contribution in [2.75, 3.05) is 0 Å². The molecule has 5 rings (SSSR count). The molecule has 2 aliphatic carbocycles. The van der Waals surface area contributed by atoms with Crippen LogP contribution in [0.2, 0.25) is 0 Å². The molecular formula is C27H30FNO. The van der Waals surface area contributed by atoms with Crippen LogP contribution in [0.25, 0.3) is 22.6 Å². The van der Waals surface area contributed by atoms with Crippen LogP contribution >= 0.6 is 0 Å². The lowest BCUT2D eigenvalue weighted by molar-refractivity contribution is 0.332. The van der Waals surface area contributed by atoms with Crippen molar-refractivity contribution in [2.45, 2.75) is 71.6 Å². The summed E-state index contributed by atoms with van der Waals surface area (Å²) in [4.78, 5) is 4.94. The number of rotatable bonds is 2. The predicted molar refractivity (Wildman–Crippen MR) is 120 cm³/mol. The van der Waals surface area contributed by atoms with Gasteiger partial charge in [-0.3, -0.25) is 0 Å². The van der Waals surface area contributed by atoms with E-state index in [4.69, 9.17) is 9.40 Å². The van der Waals surface area contributed by atoms with Crippen LogP contribution in [0, 0.1) is 18.7 Å². The van der Waals surface area contributed by atoms with Crippen LogP contribution in [-0.4, -0.2) is 4.98 Å². The Balaban J connectivity index is 1.82. The molecule has 0 bridgehead atoms. The molecule has 3 heteroatoms. The zero-order valence-corrected chi connectivity index (χ0v) is 18.6. The molecule has 0 saturated carbocycles. The fourth-order valence-electron chi connectivity index (χ4n) is 5.96. The fraction of sp³-hybridized carbons (Fsp3) is 0.444. The molecule has 4 atom stereocenters. The van der Waals surface area contributed by atoms with E-state index in [0.29, 0.717) is 29.6 Å². The summed E-state index contributed by atoms with van der Waals surface area (Å²) < 4.78 is 19.8. The normalized spacial score (nSPS) is 25.3. The van der Waals surface area contributed by atoms with Crippen LogP contribution in [0.4, 0.5) is 4.39 Å². The third-order valence-electron chi connectivity index (χ3n) is 7.29. The summed E-state index contributed by atoms with van der Waals surface area (Å²) >= 11 is 0. The molecule has 0 spiro atoms. The average molecular weight is 404 g/mol. The molecule has 3 aromatic rings. The molecule has 156 valence electrons. The lowest BCUT2D eigenvalue weighted by atomic mass is 9.62. The molecule has 30 heavy (non-hydrogen) atoms. The molecule has 2 aromatic carbocycles. The summed E-state index contributed by atoms with van der Waals surface area (Å²) in [6.07, 6.45) is 6.10. The Bertz CT molecular complexity index is 1150. The Morgan fingerprint density at radius 1 is 1.07 bits per heavy atom. The number of oxazole rings is 1. The molecule has 0 fully saturated rings. The van der Waals surface area contributed by atoms with E-state index in [1.54, 1.807) is 17.7 Å². The van der Waals surface area contributed by atoms with Crippen molar-refractivity contribution in [1.82, 2.24) is 4.98 Å². The van der Waals surface area contributed by atoms with Crippen LogP contribution in [0.5, 0.6) is 0 Å². The molecule has 0 N–H and O–H groups in total. The first-order valence-corrected chi connectivity index (χ1v) is 11.2. The van der Waals surface area contributed by atoms with Crippen LogP contribution in [0.15, 0.2) is 40.3 Å². The summed E-state index contributed by atoms with van der Waals surface area (Å²) in [7, 11) is 0. The molecular weight excluding hydrogens is 373 g/mol. The van der Waals surface area contributed by atoms with Gasteiger partial charge in [-0.25, -0.2) is 9.37 Å². The topological polar surface area (TPSA) is 26.0 Å². The first-order valence-electron chi connectivity index (χ1n) is 11.2. The highest BCUT2D eigenvalue weighted by Crippen LogP contribution is 2.55. The van der Waals surface area contributed by atoms with Crippen LogP contribution in [-0.2, 0) is 0 Å². The number of aryl methyl sites for hydroxylation is 1. The number of aromatic nitrogens is 1.